The average molecular weight is 302 g/mol. The van der Waals surface area contributed by atoms with Crippen molar-refractivity contribution in [1.82, 2.24) is 0 Å². The summed E-state index contributed by atoms with van der Waals surface area (Å²) in [5, 5.41) is 0. The molecule has 2 rings (SSSR count). The summed E-state index contributed by atoms with van der Waals surface area (Å²) in [6.07, 6.45) is -0.902. The van der Waals surface area contributed by atoms with Gasteiger partial charge in [-0.3, -0.25) is 0 Å². The van der Waals surface area contributed by atoms with Crippen LogP contribution in [0.15, 0.2) is 48.5 Å². The SMILES string of the molecule is COC(=O)Oc1ccccc1OC(=O)c1ccccc1OC. The molecule has 6 nitrogen and oxygen atoms in total. The van der Waals surface area contributed by atoms with Gasteiger partial charge in [0.2, 0.25) is 0 Å². The fraction of sp³-hybridized carbons (Fsp3) is 0.125. The molecule has 6 heteroatoms. The molecule has 0 aromatic heterocycles. The number of carbonyl (C=O) groups excluding carboxylic acids is 2. The topological polar surface area (TPSA) is 71.1 Å². The molecule has 0 fully saturated rings. The second-order valence-electron chi connectivity index (χ2n) is 4.09. The molecule has 0 amide bonds. The third-order valence-corrected chi connectivity index (χ3v) is 2.74. The molecule has 114 valence electrons. The van der Waals surface area contributed by atoms with Crippen molar-refractivity contribution < 1.29 is 28.5 Å². The van der Waals surface area contributed by atoms with Gasteiger partial charge in [0.15, 0.2) is 11.5 Å². The lowest BCUT2D eigenvalue weighted by Gasteiger charge is -2.11. The summed E-state index contributed by atoms with van der Waals surface area (Å²) in [6, 6.07) is 12.9. The van der Waals surface area contributed by atoms with Gasteiger partial charge >= 0.3 is 12.1 Å². The molecule has 0 saturated carbocycles. The van der Waals surface area contributed by atoms with E-state index in [1.54, 1.807) is 36.4 Å². The summed E-state index contributed by atoms with van der Waals surface area (Å²) in [6.45, 7) is 0. The molecule has 0 atom stereocenters. The Hall–Kier alpha value is -3.02. The van der Waals surface area contributed by atoms with Crippen LogP contribution in [0.4, 0.5) is 4.79 Å². The Bertz CT molecular complexity index is 680. The number of carbonyl (C=O) groups is 2. The molecule has 0 saturated heterocycles. The molecule has 0 spiro atoms. The maximum absolute atomic E-state index is 12.2. The first-order valence-electron chi connectivity index (χ1n) is 6.35. The zero-order valence-corrected chi connectivity index (χ0v) is 12.1. The Morgan fingerprint density at radius 2 is 1.32 bits per heavy atom. The van der Waals surface area contributed by atoms with Gasteiger partial charge in [-0.1, -0.05) is 24.3 Å². The highest BCUT2D eigenvalue weighted by atomic mass is 16.7. The van der Waals surface area contributed by atoms with E-state index in [-0.39, 0.29) is 17.1 Å². The van der Waals surface area contributed by atoms with Crippen LogP contribution in [0.2, 0.25) is 0 Å². The highest BCUT2D eigenvalue weighted by Gasteiger charge is 2.17. The van der Waals surface area contributed by atoms with Gasteiger partial charge in [0.1, 0.15) is 11.3 Å². The second kappa shape index (κ2) is 7.12. The Balaban J connectivity index is 2.23. The third kappa shape index (κ3) is 3.54. The molecule has 0 bridgehead atoms. The van der Waals surface area contributed by atoms with E-state index in [9.17, 15) is 9.59 Å². The van der Waals surface area contributed by atoms with E-state index in [0.29, 0.717) is 5.75 Å². The Labute approximate surface area is 127 Å². The zero-order valence-electron chi connectivity index (χ0n) is 12.1. The predicted octanol–water partition coefficient (Wildman–Crippen LogP) is 3.06. The standard InChI is InChI=1S/C16H14O6/c1-19-12-8-4-3-7-11(12)15(17)21-13-9-5-6-10-14(13)22-16(18)20-2/h3-10H,1-2H3. The smallest absolute Gasteiger partial charge is 0.496 e. The van der Waals surface area contributed by atoms with E-state index in [4.69, 9.17) is 14.2 Å². The number of benzene rings is 2. The quantitative estimate of drug-likeness (QED) is 0.491. The van der Waals surface area contributed by atoms with Crippen molar-refractivity contribution in [2.75, 3.05) is 14.2 Å². The normalized spacial score (nSPS) is 9.73. The molecule has 0 aliphatic carbocycles. The van der Waals surface area contributed by atoms with Crippen LogP contribution in [-0.2, 0) is 4.74 Å². The van der Waals surface area contributed by atoms with Gasteiger partial charge in [-0.05, 0) is 24.3 Å². The first-order chi connectivity index (χ1) is 10.7. The summed E-state index contributed by atoms with van der Waals surface area (Å²) < 4.78 is 19.7. The summed E-state index contributed by atoms with van der Waals surface area (Å²) in [5.41, 5.74) is 0.262. The monoisotopic (exact) mass is 302 g/mol. The Morgan fingerprint density at radius 3 is 1.91 bits per heavy atom. The third-order valence-electron chi connectivity index (χ3n) is 2.74. The van der Waals surface area contributed by atoms with Crippen molar-refractivity contribution >= 4 is 12.1 Å². The second-order valence-corrected chi connectivity index (χ2v) is 4.09. The highest BCUT2D eigenvalue weighted by molar-refractivity contribution is 5.94. The van der Waals surface area contributed by atoms with E-state index >= 15 is 0 Å². The van der Waals surface area contributed by atoms with Crippen molar-refractivity contribution in [2.45, 2.75) is 0 Å². The van der Waals surface area contributed by atoms with Gasteiger partial charge in [-0.25, -0.2) is 9.59 Å². The van der Waals surface area contributed by atoms with Gasteiger partial charge in [-0.2, -0.15) is 0 Å². The first-order valence-corrected chi connectivity index (χ1v) is 6.35. The minimum atomic E-state index is -0.902. The number of esters is 1. The molecule has 0 radical (unpaired) electrons. The molecule has 0 aliphatic heterocycles. The van der Waals surface area contributed by atoms with Crippen LogP contribution < -0.4 is 14.2 Å². The van der Waals surface area contributed by atoms with Crippen LogP contribution in [0.25, 0.3) is 0 Å². The fourth-order valence-corrected chi connectivity index (χ4v) is 1.72. The van der Waals surface area contributed by atoms with Gasteiger partial charge in [-0.15, -0.1) is 0 Å². The molecular weight excluding hydrogens is 288 g/mol. The maximum atomic E-state index is 12.2. The molecule has 0 heterocycles. The predicted molar refractivity (Wildman–Crippen MR) is 77.4 cm³/mol. The van der Waals surface area contributed by atoms with Gasteiger partial charge < -0.3 is 18.9 Å². The summed E-state index contributed by atoms with van der Waals surface area (Å²) in [4.78, 5) is 23.4. The van der Waals surface area contributed by atoms with Crippen LogP contribution >= 0.6 is 0 Å². The van der Waals surface area contributed by atoms with Gasteiger partial charge in [0, 0.05) is 0 Å². The molecule has 0 unspecified atom stereocenters. The lowest BCUT2D eigenvalue weighted by atomic mass is 10.2. The number of para-hydroxylation sites is 3. The highest BCUT2D eigenvalue weighted by Crippen LogP contribution is 2.28. The van der Waals surface area contributed by atoms with Crippen molar-refractivity contribution in [2.24, 2.45) is 0 Å². The van der Waals surface area contributed by atoms with Crippen LogP contribution in [0.5, 0.6) is 17.2 Å². The summed E-state index contributed by atoms with van der Waals surface area (Å²) in [5.74, 6) is -0.0568. The first kappa shape index (κ1) is 15.4. The van der Waals surface area contributed by atoms with E-state index in [2.05, 4.69) is 4.74 Å². The lowest BCUT2D eigenvalue weighted by Crippen LogP contribution is -2.13. The zero-order chi connectivity index (χ0) is 15.9. The van der Waals surface area contributed by atoms with Crippen molar-refractivity contribution in [3.8, 4) is 17.2 Å². The largest absolute Gasteiger partial charge is 0.513 e. The molecular formula is C16H14O6. The minimum Gasteiger partial charge on any atom is -0.496 e. The fourth-order valence-electron chi connectivity index (χ4n) is 1.72. The molecule has 0 aliphatic rings. The van der Waals surface area contributed by atoms with Gasteiger partial charge in [0.05, 0.1) is 14.2 Å². The molecule has 22 heavy (non-hydrogen) atoms. The van der Waals surface area contributed by atoms with Crippen LogP contribution in [0.1, 0.15) is 10.4 Å². The van der Waals surface area contributed by atoms with E-state index < -0.39 is 12.1 Å². The number of ether oxygens (including phenoxy) is 4. The molecule has 0 N–H and O–H groups in total. The summed E-state index contributed by atoms with van der Waals surface area (Å²) in [7, 11) is 2.65. The Kier molecular flexibility index (Phi) is 4.98. The van der Waals surface area contributed by atoms with E-state index in [1.165, 1.54) is 26.4 Å². The van der Waals surface area contributed by atoms with Crippen LogP contribution in [0.3, 0.4) is 0 Å². The average Bonchev–Trinajstić information content (AvgIpc) is 2.56. The number of methoxy groups -OCH3 is 2. The van der Waals surface area contributed by atoms with Crippen molar-refractivity contribution in [3.05, 3.63) is 54.1 Å². The molecule has 2 aromatic carbocycles. The number of rotatable bonds is 4. The Morgan fingerprint density at radius 1 is 0.773 bits per heavy atom. The number of hydrogen-bond donors (Lipinski definition) is 0. The minimum absolute atomic E-state index is 0.0811. The van der Waals surface area contributed by atoms with Crippen molar-refractivity contribution in [3.63, 3.8) is 0 Å². The van der Waals surface area contributed by atoms with E-state index in [0.717, 1.165) is 0 Å². The molecule has 2 aromatic rings. The van der Waals surface area contributed by atoms with Crippen LogP contribution in [-0.4, -0.2) is 26.3 Å². The van der Waals surface area contributed by atoms with E-state index in [1.807, 2.05) is 0 Å². The number of hydrogen-bond acceptors (Lipinski definition) is 6. The van der Waals surface area contributed by atoms with Gasteiger partial charge in [0.25, 0.3) is 0 Å². The maximum Gasteiger partial charge on any atom is 0.513 e. The van der Waals surface area contributed by atoms with Crippen molar-refractivity contribution in [1.29, 1.82) is 0 Å². The summed E-state index contributed by atoms with van der Waals surface area (Å²) >= 11 is 0. The lowest BCUT2D eigenvalue weighted by molar-refractivity contribution is 0.0719. The van der Waals surface area contributed by atoms with Crippen LogP contribution in [0, 0.1) is 0 Å².